The van der Waals surface area contributed by atoms with Crippen LogP contribution >= 0.6 is 0 Å². The number of carboxylic acid groups (broad SMARTS) is 1. The van der Waals surface area contributed by atoms with Crippen molar-refractivity contribution in [2.45, 2.75) is 0 Å². The summed E-state index contributed by atoms with van der Waals surface area (Å²) in [4.78, 5) is 11.1. The minimum atomic E-state index is -1.07. The van der Waals surface area contributed by atoms with Crippen molar-refractivity contribution in [1.29, 1.82) is 5.26 Å². The molecule has 0 saturated carbocycles. The second-order valence-electron chi connectivity index (χ2n) is 5.46. The van der Waals surface area contributed by atoms with Gasteiger partial charge < -0.3 is 5.11 Å². The third kappa shape index (κ3) is 2.33. The van der Waals surface area contributed by atoms with Gasteiger partial charge in [0.2, 0.25) is 0 Å². The van der Waals surface area contributed by atoms with Crippen molar-refractivity contribution in [3.63, 3.8) is 0 Å². The van der Waals surface area contributed by atoms with E-state index in [9.17, 15) is 10.1 Å². The van der Waals surface area contributed by atoms with E-state index in [1.165, 1.54) is 23.3 Å². The first kappa shape index (κ1) is 14.6. The number of aryl methyl sites for hydroxylation is 1. The van der Waals surface area contributed by atoms with E-state index in [0.29, 0.717) is 16.8 Å². The molecule has 4 aromatic heterocycles. The van der Waals surface area contributed by atoms with E-state index in [1.54, 1.807) is 21.6 Å². The maximum atomic E-state index is 11.1. The Morgan fingerprint density at radius 3 is 2.60 bits per heavy atom. The number of nitrogens with zero attached hydrogens (tertiary/aromatic N) is 7. The molecular formula is C16H11N7O2. The molecule has 122 valence electrons. The summed E-state index contributed by atoms with van der Waals surface area (Å²) in [7, 11) is 1.82. The van der Waals surface area contributed by atoms with Gasteiger partial charge in [-0.25, -0.2) is 14.0 Å². The highest BCUT2D eigenvalue weighted by Gasteiger charge is 2.16. The van der Waals surface area contributed by atoms with Gasteiger partial charge >= 0.3 is 5.97 Å². The summed E-state index contributed by atoms with van der Waals surface area (Å²) >= 11 is 0. The Bertz CT molecular complexity index is 1160. The number of aromatic nitrogens is 6. The Kier molecular flexibility index (Phi) is 3.11. The van der Waals surface area contributed by atoms with Gasteiger partial charge in [0, 0.05) is 36.8 Å². The first-order chi connectivity index (χ1) is 12.1. The molecule has 0 spiro atoms. The van der Waals surface area contributed by atoms with Crippen LogP contribution in [0.5, 0.6) is 0 Å². The van der Waals surface area contributed by atoms with Gasteiger partial charge in [-0.2, -0.15) is 20.6 Å². The van der Waals surface area contributed by atoms with Gasteiger partial charge in [0.25, 0.3) is 0 Å². The predicted molar refractivity (Wildman–Crippen MR) is 86.2 cm³/mol. The number of hydrogen-bond acceptors (Lipinski definition) is 5. The van der Waals surface area contributed by atoms with E-state index >= 15 is 0 Å². The topological polar surface area (TPSA) is 114 Å². The number of nitriles is 1. The molecule has 0 aliphatic carbocycles. The lowest BCUT2D eigenvalue weighted by Gasteiger charge is -2.08. The smallest absolute Gasteiger partial charge is 0.338 e. The summed E-state index contributed by atoms with van der Waals surface area (Å²) in [5, 5.41) is 31.0. The standard InChI is InChI=1S/C16H11N7O2/c1-21-7-12(5-18-21)10-2-14(22-9-13(6-19-22)16(24)25)15-11(3-17)4-20-23(15)8-10/h2,4-9H,1H3,(H,24,25). The lowest BCUT2D eigenvalue weighted by atomic mass is 10.1. The molecule has 9 nitrogen and oxygen atoms in total. The average molecular weight is 333 g/mol. The van der Waals surface area contributed by atoms with Crippen LogP contribution in [0.4, 0.5) is 0 Å². The number of carboxylic acids is 1. The molecule has 1 N–H and O–H groups in total. The Balaban J connectivity index is 2.00. The highest BCUT2D eigenvalue weighted by atomic mass is 16.4. The van der Waals surface area contributed by atoms with E-state index in [1.807, 2.05) is 19.3 Å². The molecule has 0 fully saturated rings. The van der Waals surface area contributed by atoms with Gasteiger partial charge in [0.1, 0.15) is 11.6 Å². The summed E-state index contributed by atoms with van der Waals surface area (Å²) in [6.45, 7) is 0. The van der Waals surface area contributed by atoms with Crippen LogP contribution in [0, 0.1) is 11.3 Å². The van der Waals surface area contributed by atoms with Gasteiger partial charge in [-0.05, 0) is 6.07 Å². The molecule has 0 amide bonds. The number of aromatic carboxylic acids is 1. The Morgan fingerprint density at radius 2 is 1.96 bits per heavy atom. The summed E-state index contributed by atoms with van der Waals surface area (Å²) in [6.07, 6.45) is 9.49. The summed E-state index contributed by atoms with van der Waals surface area (Å²) in [5.74, 6) is -1.07. The highest BCUT2D eigenvalue weighted by Crippen LogP contribution is 2.27. The van der Waals surface area contributed by atoms with Crippen molar-refractivity contribution in [3.05, 3.63) is 54.4 Å². The number of carbonyl (C=O) groups is 1. The van der Waals surface area contributed by atoms with Crippen molar-refractivity contribution in [2.75, 3.05) is 0 Å². The fourth-order valence-corrected chi connectivity index (χ4v) is 2.65. The van der Waals surface area contributed by atoms with Gasteiger partial charge in [-0.3, -0.25) is 4.68 Å². The molecule has 0 unspecified atom stereocenters. The van der Waals surface area contributed by atoms with Crippen LogP contribution in [0.15, 0.2) is 43.2 Å². The molecule has 4 rings (SSSR count). The van der Waals surface area contributed by atoms with Crippen molar-refractivity contribution in [2.24, 2.45) is 7.05 Å². The Morgan fingerprint density at radius 1 is 1.12 bits per heavy atom. The second-order valence-corrected chi connectivity index (χ2v) is 5.46. The monoisotopic (exact) mass is 333 g/mol. The van der Waals surface area contributed by atoms with Gasteiger partial charge in [0.05, 0.1) is 35.4 Å². The molecule has 0 aliphatic rings. The quantitative estimate of drug-likeness (QED) is 0.607. The largest absolute Gasteiger partial charge is 0.478 e. The van der Waals surface area contributed by atoms with E-state index in [0.717, 1.165) is 11.1 Å². The summed E-state index contributed by atoms with van der Waals surface area (Å²) in [5.41, 5.74) is 3.22. The minimum absolute atomic E-state index is 0.0583. The molecular weight excluding hydrogens is 322 g/mol. The van der Waals surface area contributed by atoms with Crippen molar-refractivity contribution >= 4 is 11.5 Å². The average Bonchev–Trinajstić information content (AvgIpc) is 3.32. The first-order valence-electron chi connectivity index (χ1n) is 7.25. The van der Waals surface area contributed by atoms with E-state index in [-0.39, 0.29) is 5.56 Å². The second kappa shape index (κ2) is 5.31. The van der Waals surface area contributed by atoms with Gasteiger partial charge in [-0.15, -0.1) is 0 Å². The maximum absolute atomic E-state index is 11.1. The van der Waals surface area contributed by atoms with Crippen molar-refractivity contribution < 1.29 is 9.90 Å². The minimum Gasteiger partial charge on any atom is -0.478 e. The van der Waals surface area contributed by atoms with E-state index < -0.39 is 5.97 Å². The number of rotatable bonds is 3. The zero-order valence-corrected chi connectivity index (χ0v) is 13.0. The molecule has 0 bridgehead atoms. The zero-order chi connectivity index (χ0) is 17.6. The lowest BCUT2D eigenvalue weighted by Crippen LogP contribution is -2.01. The molecule has 9 heteroatoms. The zero-order valence-electron chi connectivity index (χ0n) is 13.0. The molecule has 0 saturated heterocycles. The number of pyridine rings is 1. The van der Waals surface area contributed by atoms with Crippen LogP contribution < -0.4 is 0 Å². The fraction of sp³-hybridized carbons (Fsp3) is 0.0625. The molecule has 0 aliphatic heterocycles. The first-order valence-corrected chi connectivity index (χ1v) is 7.25. The molecule has 25 heavy (non-hydrogen) atoms. The SMILES string of the molecule is Cn1cc(-c2cc(-n3cc(C(=O)O)cn3)c3c(C#N)cnn3c2)cn1. The number of hydrogen-bond donors (Lipinski definition) is 1. The Hall–Kier alpha value is -3.93. The van der Waals surface area contributed by atoms with Crippen LogP contribution in [-0.4, -0.2) is 40.3 Å². The van der Waals surface area contributed by atoms with E-state index in [2.05, 4.69) is 21.4 Å². The normalized spacial score (nSPS) is 10.9. The van der Waals surface area contributed by atoms with Crippen LogP contribution in [0.25, 0.3) is 22.3 Å². The van der Waals surface area contributed by atoms with Crippen LogP contribution in [0.1, 0.15) is 15.9 Å². The third-order valence-corrected chi connectivity index (χ3v) is 3.83. The predicted octanol–water partition coefficient (Wildman–Crippen LogP) is 1.49. The lowest BCUT2D eigenvalue weighted by molar-refractivity contribution is 0.0697. The van der Waals surface area contributed by atoms with Crippen LogP contribution in [-0.2, 0) is 7.05 Å². The maximum Gasteiger partial charge on any atom is 0.338 e. The third-order valence-electron chi connectivity index (χ3n) is 3.83. The van der Waals surface area contributed by atoms with Crippen LogP contribution in [0.2, 0.25) is 0 Å². The van der Waals surface area contributed by atoms with Crippen molar-refractivity contribution in [1.82, 2.24) is 29.2 Å². The van der Waals surface area contributed by atoms with Gasteiger partial charge in [-0.1, -0.05) is 0 Å². The summed E-state index contributed by atoms with van der Waals surface area (Å²) in [6, 6.07) is 3.92. The van der Waals surface area contributed by atoms with Crippen LogP contribution in [0.3, 0.4) is 0 Å². The van der Waals surface area contributed by atoms with E-state index in [4.69, 9.17) is 5.11 Å². The fourth-order valence-electron chi connectivity index (χ4n) is 2.65. The van der Waals surface area contributed by atoms with Crippen molar-refractivity contribution in [3.8, 4) is 22.9 Å². The molecule has 4 aromatic rings. The molecule has 0 atom stereocenters. The van der Waals surface area contributed by atoms with Gasteiger partial charge in [0.15, 0.2) is 0 Å². The number of fused-ring (bicyclic) bond motifs is 1. The molecule has 0 aromatic carbocycles. The summed E-state index contributed by atoms with van der Waals surface area (Å²) < 4.78 is 4.69. The Labute approximate surface area is 141 Å². The molecule has 0 radical (unpaired) electrons. The highest BCUT2D eigenvalue weighted by molar-refractivity contribution is 5.87. The molecule has 4 heterocycles.